The highest BCUT2D eigenvalue weighted by Gasteiger charge is 2.43. The molecule has 1 fully saturated rings. The number of hydrogen-bond donors (Lipinski definition) is 1. The summed E-state index contributed by atoms with van der Waals surface area (Å²) in [7, 11) is 0. The molecule has 0 aliphatic carbocycles. The van der Waals surface area contributed by atoms with E-state index in [1.165, 1.54) is 5.56 Å². The van der Waals surface area contributed by atoms with Crippen LogP contribution in [0.15, 0.2) is 30.3 Å². The third-order valence-electron chi connectivity index (χ3n) is 3.74. The van der Waals surface area contributed by atoms with Gasteiger partial charge in [-0.15, -0.1) is 0 Å². The van der Waals surface area contributed by atoms with Gasteiger partial charge in [0.2, 0.25) is 0 Å². The number of esters is 1. The molecule has 1 aromatic carbocycles. The van der Waals surface area contributed by atoms with E-state index in [-0.39, 0.29) is 17.3 Å². The third-order valence-corrected chi connectivity index (χ3v) is 3.74. The van der Waals surface area contributed by atoms with Crippen molar-refractivity contribution in [1.82, 2.24) is 5.32 Å². The molecule has 0 amide bonds. The first-order chi connectivity index (χ1) is 8.65. The number of nitrogens with one attached hydrogen (secondary N) is 1. The van der Waals surface area contributed by atoms with Gasteiger partial charge in [-0.2, -0.15) is 0 Å². The lowest BCUT2D eigenvalue weighted by Crippen LogP contribution is -2.35. The predicted octanol–water partition coefficient (Wildman–Crippen LogP) is 2.02. The maximum absolute atomic E-state index is 12.0. The Morgan fingerprint density at radius 3 is 2.83 bits per heavy atom. The highest BCUT2D eigenvalue weighted by molar-refractivity contribution is 5.74. The molecule has 1 saturated heterocycles. The van der Waals surface area contributed by atoms with E-state index in [1.807, 2.05) is 25.1 Å². The van der Waals surface area contributed by atoms with Crippen LogP contribution in [-0.2, 0) is 16.0 Å². The van der Waals surface area contributed by atoms with Crippen LogP contribution in [0.4, 0.5) is 0 Å². The summed E-state index contributed by atoms with van der Waals surface area (Å²) in [6, 6.07) is 10.3. The average molecular weight is 247 g/mol. The first kappa shape index (κ1) is 13.1. The molecule has 3 heteroatoms. The molecule has 0 saturated carbocycles. The number of benzene rings is 1. The summed E-state index contributed by atoms with van der Waals surface area (Å²) in [5.74, 6) is -0.112. The summed E-state index contributed by atoms with van der Waals surface area (Å²) >= 11 is 0. The normalized spacial score (nSPS) is 27.1. The molecular formula is C15H21NO2. The summed E-state index contributed by atoms with van der Waals surface area (Å²) in [4.78, 5) is 12.0. The molecule has 1 aromatic rings. The number of hydrogen-bond acceptors (Lipinski definition) is 3. The molecular weight excluding hydrogens is 226 g/mol. The van der Waals surface area contributed by atoms with E-state index in [9.17, 15) is 4.79 Å². The number of rotatable bonds is 4. The van der Waals surface area contributed by atoms with Gasteiger partial charge in [-0.05, 0) is 24.3 Å². The number of carbonyl (C=O) groups is 1. The lowest BCUT2D eigenvalue weighted by molar-refractivity contribution is -0.150. The standard InChI is InChI=1S/C15H21NO2/c1-3-18-14(17)13-10-16-11-15(13,2)9-12-7-5-4-6-8-12/h4-8,13,16H,3,9-11H2,1-2H3. The van der Waals surface area contributed by atoms with E-state index in [2.05, 4.69) is 24.4 Å². The zero-order valence-electron chi connectivity index (χ0n) is 11.1. The minimum absolute atomic E-state index is 0.0438. The van der Waals surface area contributed by atoms with E-state index in [4.69, 9.17) is 4.74 Å². The molecule has 2 atom stereocenters. The molecule has 2 unspecified atom stereocenters. The third kappa shape index (κ3) is 2.72. The van der Waals surface area contributed by atoms with Crippen LogP contribution in [0, 0.1) is 11.3 Å². The van der Waals surface area contributed by atoms with Gasteiger partial charge in [0.05, 0.1) is 12.5 Å². The molecule has 0 aromatic heterocycles. The summed E-state index contributed by atoms with van der Waals surface area (Å²) in [6.45, 7) is 6.07. The van der Waals surface area contributed by atoms with Crippen LogP contribution in [0.2, 0.25) is 0 Å². The SMILES string of the molecule is CCOC(=O)C1CNCC1(C)Cc1ccccc1. The van der Waals surface area contributed by atoms with Crippen molar-refractivity contribution in [2.75, 3.05) is 19.7 Å². The quantitative estimate of drug-likeness (QED) is 0.827. The van der Waals surface area contributed by atoms with Crippen molar-refractivity contribution in [3.05, 3.63) is 35.9 Å². The summed E-state index contributed by atoms with van der Waals surface area (Å²) in [5.41, 5.74) is 1.23. The van der Waals surface area contributed by atoms with Crippen molar-refractivity contribution in [2.45, 2.75) is 20.3 Å². The first-order valence-corrected chi connectivity index (χ1v) is 6.57. The van der Waals surface area contributed by atoms with Crippen molar-refractivity contribution >= 4 is 5.97 Å². The van der Waals surface area contributed by atoms with Gasteiger partial charge in [0, 0.05) is 13.1 Å². The Morgan fingerprint density at radius 2 is 2.17 bits per heavy atom. The Labute approximate surface area is 109 Å². The maximum atomic E-state index is 12.0. The van der Waals surface area contributed by atoms with Crippen molar-refractivity contribution in [3.63, 3.8) is 0 Å². The van der Waals surface area contributed by atoms with Crippen LogP contribution in [-0.4, -0.2) is 25.7 Å². The summed E-state index contributed by atoms with van der Waals surface area (Å²) in [5, 5.41) is 3.32. The molecule has 1 aliphatic rings. The van der Waals surface area contributed by atoms with Gasteiger partial charge in [0.25, 0.3) is 0 Å². The molecule has 1 aliphatic heterocycles. The average Bonchev–Trinajstić information content (AvgIpc) is 2.72. The van der Waals surface area contributed by atoms with Gasteiger partial charge in [0.1, 0.15) is 0 Å². The Bertz CT molecular complexity index is 404. The summed E-state index contributed by atoms with van der Waals surface area (Å²) in [6.07, 6.45) is 0.907. The van der Waals surface area contributed by atoms with Gasteiger partial charge in [-0.1, -0.05) is 37.3 Å². The second kappa shape index (κ2) is 5.53. The molecule has 3 nitrogen and oxygen atoms in total. The number of carbonyl (C=O) groups excluding carboxylic acids is 1. The molecule has 2 rings (SSSR count). The Hall–Kier alpha value is -1.35. The Morgan fingerprint density at radius 1 is 1.44 bits per heavy atom. The fraction of sp³-hybridized carbons (Fsp3) is 0.533. The second-order valence-electron chi connectivity index (χ2n) is 5.25. The zero-order chi connectivity index (χ0) is 13.0. The number of ether oxygens (including phenoxy) is 1. The highest BCUT2D eigenvalue weighted by atomic mass is 16.5. The van der Waals surface area contributed by atoms with E-state index < -0.39 is 0 Å². The van der Waals surface area contributed by atoms with Crippen molar-refractivity contribution < 1.29 is 9.53 Å². The van der Waals surface area contributed by atoms with E-state index in [1.54, 1.807) is 0 Å². The van der Waals surface area contributed by atoms with Crippen LogP contribution >= 0.6 is 0 Å². The van der Waals surface area contributed by atoms with E-state index in [0.717, 1.165) is 19.5 Å². The molecule has 98 valence electrons. The minimum atomic E-state index is -0.0686. The van der Waals surface area contributed by atoms with Gasteiger partial charge in [-0.3, -0.25) is 4.79 Å². The van der Waals surface area contributed by atoms with Gasteiger partial charge in [0.15, 0.2) is 0 Å². The van der Waals surface area contributed by atoms with Crippen molar-refractivity contribution in [3.8, 4) is 0 Å². The Kier molecular flexibility index (Phi) is 4.02. The zero-order valence-corrected chi connectivity index (χ0v) is 11.1. The van der Waals surface area contributed by atoms with E-state index in [0.29, 0.717) is 6.61 Å². The fourth-order valence-corrected chi connectivity index (χ4v) is 2.73. The second-order valence-corrected chi connectivity index (χ2v) is 5.25. The molecule has 1 N–H and O–H groups in total. The fourth-order valence-electron chi connectivity index (χ4n) is 2.73. The molecule has 0 bridgehead atoms. The van der Waals surface area contributed by atoms with Gasteiger partial charge in [-0.25, -0.2) is 0 Å². The smallest absolute Gasteiger partial charge is 0.310 e. The predicted molar refractivity (Wildman–Crippen MR) is 71.2 cm³/mol. The monoisotopic (exact) mass is 247 g/mol. The topological polar surface area (TPSA) is 38.3 Å². The van der Waals surface area contributed by atoms with E-state index >= 15 is 0 Å². The first-order valence-electron chi connectivity index (χ1n) is 6.57. The molecule has 0 spiro atoms. The highest BCUT2D eigenvalue weighted by Crippen LogP contribution is 2.35. The lowest BCUT2D eigenvalue weighted by atomic mass is 9.75. The van der Waals surface area contributed by atoms with Gasteiger partial charge < -0.3 is 10.1 Å². The van der Waals surface area contributed by atoms with Crippen molar-refractivity contribution in [1.29, 1.82) is 0 Å². The molecule has 1 heterocycles. The molecule has 0 radical (unpaired) electrons. The van der Waals surface area contributed by atoms with Crippen molar-refractivity contribution in [2.24, 2.45) is 11.3 Å². The van der Waals surface area contributed by atoms with Gasteiger partial charge >= 0.3 is 5.97 Å². The van der Waals surface area contributed by atoms with Crippen LogP contribution < -0.4 is 5.32 Å². The summed E-state index contributed by atoms with van der Waals surface area (Å²) < 4.78 is 5.18. The van der Waals surface area contributed by atoms with Crippen LogP contribution in [0.5, 0.6) is 0 Å². The minimum Gasteiger partial charge on any atom is -0.466 e. The van der Waals surface area contributed by atoms with Crippen LogP contribution in [0.1, 0.15) is 19.4 Å². The maximum Gasteiger partial charge on any atom is 0.310 e. The van der Waals surface area contributed by atoms with Crippen LogP contribution in [0.25, 0.3) is 0 Å². The molecule has 18 heavy (non-hydrogen) atoms. The largest absolute Gasteiger partial charge is 0.466 e. The van der Waals surface area contributed by atoms with Crippen LogP contribution in [0.3, 0.4) is 0 Å². The Balaban J connectivity index is 2.11. The lowest BCUT2D eigenvalue weighted by Gasteiger charge is -2.29.